The molecule has 0 atom stereocenters. The maximum Gasteiger partial charge on any atom is 0.0625 e. The molecule has 2 rings (SSSR count). The van der Waals surface area contributed by atoms with Crippen molar-refractivity contribution in [3.05, 3.63) is 34.5 Å². The first-order chi connectivity index (χ1) is 7.65. The maximum atomic E-state index is 8.69. The first-order valence-corrected chi connectivity index (χ1v) is 5.59. The summed E-state index contributed by atoms with van der Waals surface area (Å²) < 4.78 is 0. The Morgan fingerprint density at radius 2 is 1.88 bits per heavy atom. The highest BCUT2D eigenvalue weighted by Gasteiger charge is 2.11. The van der Waals surface area contributed by atoms with E-state index >= 15 is 0 Å². The topological polar surface area (TPSA) is 39.6 Å². The van der Waals surface area contributed by atoms with Crippen LogP contribution in [-0.2, 0) is 6.42 Å². The highest BCUT2D eigenvalue weighted by atomic mass is 14.7. The number of nitrogens with zero attached hydrogens (tertiary/aromatic N) is 1. The van der Waals surface area contributed by atoms with Gasteiger partial charge < -0.3 is 4.98 Å². The lowest BCUT2D eigenvalue weighted by atomic mass is 10.0. The quantitative estimate of drug-likeness (QED) is 0.812. The van der Waals surface area contributed by atoms with Gasteiger partial charge in [0.1, 0.15) is 0 Å². The molecule has 0 saturated heterocycles. The summed E-state index contributed by atoms with van der Waals surface area (Å²) in [5, 5.41) is 10.0. The van der Waals surface area contributed by atoms with Gasteiger partial charge in [-0.2, -0.15) is 5.26 Å². The molecule has 1 heterocycles. The molecule has 16 heavy (non-hydrogen) atoms. The number of aromatic nitrogens is 1. The molecular weight excluding hydrogens is 196 g/mol. The second kappa shape index (κ2) is 4.02. The summed E-state index contributed by atoms with van der Waals surface area (Å²) in [7, 11) is 0. The van der Waals surface area contributed by atoms with Gasteiger partial charge in [-0.1, -0.05) is 12.1 Å². The van der Waals surface area contributed by atoms with E-state index in [1.54, 1.807) is 0 Å². The van der Waals surface area contributed by atoms with E-state index in [9.17, 15) is 0 Å². The van der Waals surface area contributed by atoms with Crippen LogP contribution in [0, 0.1) is 32.1 Å². The number of benzene rings is 1. The minimum Gasteiger partial charge on any atom is -0.358 e. The SMILES string of the molecule is Cc1[nH]c2c(C)ccc(C)c2c1CCC#N. The van der Waals surface area contributed by atoms with E-state index in [2.05, 4.69) is 44.0 Å². The predicted molar refractivity (Wildman–Crippen MR) is 66.4 cm³/mol. The summed E-state index contributed by atoms with van der Waals surface area (Å²) in [6.45, 7) is 6.34. The summed E-state index contributed by atoms with van der Waals surface area (Å²) in [6, 6.07) is 6.51. The smallest absolute Gasteiger partial charge is 0.0625 e. The highest BCUT2D eigenvalue weighted by Crippen LogP contribution is 2.28. The van der Waals surface area contributed by atoms with Crippen LogP contribution in [0.15, 0.2) is 12.1 Å². The van der Waals surface area contributed by atoms with E-state index in [0.29, 0.717) is 6.42 Å². The molecule has 1 aromatic heterocycles. The Hall–Kier alpha value is -1.75. The Labute approximate surface area is 95.9 Å². The normalized spacial score (nSPS) is 10.6. The van der Waals surface area contributed by atoms with Gasteiger partial charge in [0, 0.05) is 23.0 Å². The van der Waals surface area contributed by atoms with Crippen LogP contribution in [0.3, 0.4) is 0 Å². The number of hydrogen-bond donors (Lipinski definition) is 1. The van der Waals surface area contributed by atoms with Gasteiger partial charge in [0.2, 0.25) is 0 Å². The standard InChI is InChI=1S/C14H16N2/c1-9-6-7-10(2)14-13(9)12(5-4-8-15)11(3)16-14/h6-7,16H,4-5H2,1-3H3. The van der Waals surface area contributed by atoms with Crippen LogP contribution < -0.4 is 0 Å². The fourth-order valence-corrected chi connectivity index (χ4v) is 2.30. The van der Waals surface area contributed by atoms with E-state index in [4.69, 9.17) is 5.26 Å². The lowest BCUT2D eigenvalue weighted by molar-refractivity contribution is 1.00. The minimum absolute atomic E-state index is 0.584. The zero-order chi connectivity index (χ0) is 11.7. The summed E-state index contributed by atoms with van der Waals surface area (Å²) in [4.78, 5) is 3.44. The summed E-state index contributed by atoms with van der Waals surface area (Å²) in [5.74, 6) is 0. The number of aryl methyl sites for hydroxylation is 4. The summed E-state index contributed by atoms with van der Waals surface area (Å²) in [5.41, 5.74) is 6.29. The molecule has 0 radical (unpaired) electrons. The van der Waals surface area contributed by atoms with Crippen LogP contribution in [0.1, 0.15) is 28.8 Å². The average Bonchev–Trinajstić information content (AvgIpc) is 2.59. The molecule has 82 valence electrons. The Morgan fingerprint density at radius 3 is 2.56 bits per heavy atom. The first-order valence-electron chi connectivity index (χ1n) is 5.59. The molecule has 2 nitrogen and oxygen atoms in total. The van der Waals surface area contributed by atoms with Gasteiger partial charge in [-0.25, -0.2) is 0 Å². The van der Waals surface area contributed by atoms with Gasteiger partial charge in [0.15, 0.2) is 0 Å². The van der Waals surface area contributed by atoms with Crippen molar-refractivity contribution >= 4 is 10.9 Å². The van der Waals surface area contributed by atoms with Crippen LogP contribution in [0.5, 0.6) is 0 Å². The van der Waals surface area contributed by atoms with Crippen LogP contribution in [0.4, 0.5) is 0 Å². The monoisotopic (exact) mass is 212 g/mol. The van der Waals surface area contributed by atoms with E-state index in [-0.39, 0.29) is 0 Å². The molecule has 2 aromatic rings. The number of aromatic amines is 1. The van der Waals surface area contributed by atoms with Crippen LogP contribution in [0.25, 0.3) is 10.9 Å². The van der Waals surface area contributed by atoms with Crippen molar-refractivity contribution in [3.8, 4) is 6.07 Å². The van der Waals surface area contributed by atoms with Crippen LogP contribution >= 0.6 is 0 Å². The van der Waals surface area contributed by atoms with Gasteiger partial charge in [0.05, 0.1) is 6.07 Å². The first kappa shape index (κ1) is 10.8. The van der Waals surface area contributed by atoms with Crippen molar-refractivity contribution in [1.29, 1.82) is 5.26 Å². The Morgan fingerprint density at radius 1 is 1.19 bits per heavy atom. The van der Waals surface area contributed by atoms with Crippen LogP contribution in [-0.4, -0.2) is 4.98 Å². The number of fused-ring (bicyclic) bond motifs is 1. The number of hydrogen-bond acceptors (Lipinski definition) is 1. The molecule has 1 N–H and O–H groups in total. The molecule has 0 amide bonds. The largest absolute Gasteiger partial charge is 0.358 e. The zero-order valence-electron chi connectivity index (χ0n) is 10.0. The van der Waals surface area contributed by atoms with E-state index in [1.165, 1.54) is 33.3 Å². The molecule has 0 unspecified atom stereocenters. The lowest BCUT2D eigenvalue weighted by Crippen LogP contribution is -1.87. The van der Waals surface area contributed by atoms with Crippen LogP contribution in [0.2, 0.25) is 0 Å². The molecule has 0 bridgehead atoms. The van der Waals surface area contributed by atoms with Gasteiger partial charge in [-0.05, 0) is 43.9 Å². The lowest BCUT2D eigenvalue weighted by Gasteiger charge is -2.02. The number of rotatable bonds is 2. The maximum absolute atomic E-state index is 8.69. The van der Waals surface area contributed by atoms with Gasteiger partial charge in [-0.3, -0.25) is 0 Å². The zero-order valence-corrected chi connectivity index (χ0v) is 10.0. The van der Waals surface area contributed by atoms with E-state index in [0.717, 1.165) is 6.42 Å². The molecule has 2 heteroatoms. The Kier molecular flexibility index (Phi) is 2.70. The van der Waals surface area contributed by atoms with E-state index in [1.807, 2.05) is 0 Å². The molecule has 0 fully saturated rings. The predicted octanol–water partition coefficient (Wildman–Crippen LogP) is 3.55. The number of nitrogens with one attached hydrogen (secondary N) is 1. The fraction of sp³-hybridized carbons (Fsp3) is 0.357. The highest BCUT2D eigenvalue weighted by molar-refractivity contribution is 5.90. The minimum atomic E-state index is 0.584. The van der Waals surface area contributed by atoms with E-state index < -0.39 is 0 Å². The Balaban J connectivity index is 2.69. The fourth-order valence-electron chi connectivity index (χ4n) is 2.30. The van der Waals surface area contributed by atoms with Crippen molar-refractivity contribution in [2.24, 2.45) is 0 Å². The third kappa shape index (κ3) is 1.59. The van der Waals surface area contributed by atoms with Crippen molar-refractivity contribution in [2.75, 3.05) is 0 Å². The molecular formula is C14H16N2. The molecule has 0 aliphatic rings. The van der Waals surface area contributed by atoms with Crippen molar-refractivity contribution in [2.45, 2.75) is 33.6 Å². The second-order valence-corrected chi connectivity index (χ2v) is 4.34. The molecule has 0 saturated carbocycles. The molecule has 0 aliphatic heterocycles. The van der Waals surface area contributed by atoms with Gasteiger partial charge >= 0.3 is 0 Å². The third-order valence-electron chi connectivity index (χ3n) is 3.18. The van der Waals surface area contributed by atoms with Gasteiger partial charge in [0.25, 0.3) is 0 Å². The number of H-pyrrole nitrogens is 1. The third-order valence-corrected chi connectivity index (χ3v) is 3.18. The van der Waals surface area contributed by atoms with Crippen molar-refractivity contribution < 1.29 is 0 Å². The molecule has 1 aromatic carbocycles. The van der Waals surface area contributed by atoms with Crippen molar-refractivity contribution in [3.63, 3.8) is 0 Å². The Bertz CT molecular complexity index is 570. The second-order valence-electron chi connectivity index (χ2n) is 4.34. The summed E-state index contributed by atoms with van der Waals surface area (Å²) >= 11 is 0. The molecule has 0 aliphatic carbocycles. The average molecular weight is 212 g/mol. The van der Waals surface area contributed by atoms with Gasteiger partial charge in [-0.15, -0.1) is 0 Å². The van der Waals surface area contributed by atoms with Crippen molar-refractivity contribution in [1.82, 2.24) is 4.98 Å². The number of nitriles is 1. The summed E-state index contributed by atoms with van der Waals surface area (Å²) in [6.07, 6.45) is 1.42. The molecule has 0 spiro atoms.